The molecule has 0 radical (unpaired) electrons. The second-order valence-corrected chi connectivity index (χ2v) is 4.18. The number of nitro groups is 2. The van der Waals surface area contributed by atoms with Gasteiger partial charge in [0.25, 0.3) is 5.69 Å². The van der Waals surface area contributed by atoms with Gasteiger partial charge in [0.1, 0.15) is 11.4 Å². The number of hydrazone groups is 1. The van der Waals surface area contributed by atoms with Gasteiger partial charge in [-0.15, -0.1) is 0 Å². The molecule has 22 heavy (non-hydrogen) atoms. The first-order valence-electron chi connectivity index (χ1n) is 5.98. The molecule has 0 spiro atoms. The summed E-state index contributed by atoms with van der Waals surface area (Å²) in [6, 6.07) is 9.43. The molecule has 0 aliphatic heterocycles. The minimum absolute atomic E-state index is 0.0204. The van der Waals surface area contributed by atoms with Crippen molar-refractivity contribution in [1.29, 1.82) is 0 Å². The van der Waals surface area contributed by atoms with E-state index in [0.29, 0.717) is 5.56 Å². The van der Waals surface area contributed by atoms with E-state index < -0.39 is 15.5 Å². The van der Waals surface area contributed by atoms with Gasteiger partial charge in [0, 0.05) is 6.07 Å². The second kappa shape index (κ2) is 6.31. The number of aromatic hydroxyl groups is 1. The van der Waals surface area contributed by atoms with Gasteiger partial charge in [-0.2, -0.15) is 5.10 Å². The normalized spacial score (nSPS) is 10.5. The van der Waals surface area contributed by atoms with Crippen LogP contribution in [0.3, 0.4) is 0 Å². The van der Waals surface area contributed by atoms with Crippen molar-refractivity contribution in [3.8, 4) is 5.75 Å². The van der Waals surface area contributed by atoms with E-state index in [2.05, 4.69) is 10.5 Å². The summed E-state index contributed by atoms with van der Waals surface area (Å²) >= 11 is 0. The molecule has 9 heteroatoms. The maximum Gasteiger partial charge on any atom is 0.301 e. The Kier molecular flexibility index (Phi) is 4.27. The lowest BCUT2D eigenvalue weighted by Gasteiger charge is -2.02. The zero-order valence-corrected chi connectivity index (χ0v) is 11.0. The van der Waals surface area contributed by atoms with E-state index >= 15 is 0 Å². The molecule has 0 aliphatic rings. The summed E-state index contributed by atoms with van der Waals surface area (Å²) in [6.07, 6.45) is 1.35. The number of phenols is 1. The molecule has 2 aromatic rings. The lowest BCUT2D eigenvalue weighted by molar-refractivity contribution is -0.393. The summed E-state index contributed by atoms with van der Waals surface area (Å²) in [6.45, 7) is 0. The number of non-ortho nitro benzene ring substituents is 1. The zero-order valence-electron chi connectivity index (χ0n) is 11.0. The van der Waals surface area contributed by atoms with E-state index in [1.54, 1.807) is 12.1 Å². The fraction of sp³-hybridized carbons (Fsp3) is 0. The van der Waals surface area contributed by atoms with Crippen molar-refractivity contribution >= 4 is 23.3 Å². The number of rotatable bonds is 5. The van der Waals surface area contributed by atoms with E-state index in [1.165, 1.54) is 24.4 Å². The number of hydrogen-bond acceptors (Lipinski definition) is 7. The molecule has 9 nitrogen and oxygen atoms in total. The van der Waals surface area contributed by atoms with Gasteiger partial charge in [0.05, 0.1) is 22.1 Å². The number of nitro benzene ring substituents is 2. The average molecular weight is 302 g/mol. The molecule has 0 amide bonds. The van der Waals surface area contributed by atoms with Crippen LogP contribution in [0.5, 0.6) is 5.75 Å². The molecule has 0 atom stereocenters. The van der Waals surface area contributed by atoms with Gasteiger partial charge in [-0.3, -0.25) is 25.7 Å². The molecule has 2 rings (SSSR count). The Morgan fingerprint density at radius 3 is 2.50 bits per heavy atom. The van der Waals surface area contributed by atoms with E-state index in [0.717, 1.165) is 12.1 Å². The third-order valence-corrected chi connectivity index (χ3v) is 2.66. The van der Waals surface area contributed by atoms with Gasteiger partial charge < -0.3 is 5.11 Å². The molecule has 0 heterocycles. The minimum atomic E-state index is -0.737. The topological polar surface area (TPSA) is 131 Å². The number of nitrogens with zero attached hydrogens (tertiary/aromatic N) is 3. The Balaban J connectivity index is 2.22. The quantitative estimate of drug-likeness (QED) is 0.496. The van der Waals surface area contributed by atoms with E-state index in [9.17, 15) is 25.3 Å². The molecule has 112 valence electrons. The maximum atomic E-state index is 10.9. The molecule has 0 bridgehead atoms. The third kappa shape index (κ3) is 3.54. The van der Waals surface area contributed by atoms with Crippen LogP contribution in [0.25, 0.3) is 0 Å². The van der Waals surface area contributed by atoms with Crippen molar-refractivity contribution in [2.24, 2.45) is 5.10 Å². The fourth-order valence-corrected chi connectivity index (χ4v) is 1.66. The molecule has 0 aliphatic carbocycles. The van der Waals surface area contributed by atoms with Crippen molar-refractivity contribution in [2.75, 3.05) is 5.43 Å². The lowest BCUT2D eigenvalue weighted by Crippen LogP contribution is -1.98. The van der Waals surface area contributed by atoms with E-state index in [4.69, 9.17) is 0 Å². The molecule has 2 N–H and O–H groups in total. The summed E-state index contributed by atoms with van der Waals surface area (Å²) in [5.74, 6) is 0.0604. The second-order valence-electron chi connectivity index (χ2n) is 4.18. The van der Waals surface area contributed by atoms with Gasteiger partial charge in [-0.25, -0.2) is 0 Å². The minimum Gasteiger partial charge on any atom is -0.508 e. The number of phenolic OH excluding ortho intramolecular Hbond substituents is 1. The zero-order chi connectivity index (χ0) is 16.1. The van der Waals surface area contributed by atoms with Crippen molar-refractivity contribution in [3.05, 3.63) is 68.3 Å². The molecule has 0 saturated heterocycles. The predicted octanol–water partition coefficient (Wildman–Crippen LogP) is 2.65. The third-order valence-electron chi connectivity index (χ3n) is 2.66. The van der Waals surface area contributed by atoms with Crippen LogP contribution in [0.4, 0.5) is 17.1 Å². The van der Waals surface area contributed by atoms with E-state index in [-0.39, 0.29) is 17.1 Å². The van der Waals surface area contributed by atoms with Crippen molar-refractivity contribution in [2.45, 2.75) is 0 Å². The summed E-state index contributed by atoms with van der Waals surface area (Å²) in [5.41, 5.74) is 2.22. The van der Waals surface area contributed by atoms with Crippen LogP contribution >= 0.6 is 0 Å². The molecule has 0 unspecified atom stereocenters. The Bertz CT molecular complexity index is 760. The summed E-state index contributed by atoms with van der Waals surface area (Å²) in [5, 5.41) is 34.7. The maximum absolute atomic E-state index is 10.9. The first kappa shape index (κ1) is 14.9. The lowest BCUT2D eigenvalue weighted by atomic mass is 10.2. The number of benzene rings is 2. The highest BCUT2D eigenvalue weighted by Gasteiger charge is 2.18. The van der Waals surface area contributed by atoms with Crippen LogP contribution in [0.2, 0.25) is 0 Å². The summed E-state index contributed by atoms with van der Waals surface area (Å²) in [4.78, 5) is 20.1. The predicted molar refractivity (Wildman–Crippen MR) is 79.1 cm³/mol. The number of anilines is 1. The highest BCUT2D eigenvalue weighted by molar-refractivity contribution is 5.81. The van der Waals surface area contributed by atoms with Crippen LogP contribution in [-0.2, 0) is 0 Å². The molecule has 0 aromatic heterocycles. The molecule has 0 fully saturated rings. The first-order chi connectivity index (χ1) is 10.5. The van der Waals surface area contributed by atoms with Crippen LogP contribution < -0.4 is 5.43 Å². The number of nitrogens with one attached hydrogen (secondary N) is 1. The number of hydrogen-bond donors (Lipinski definition) is 2. The first-order valence-corrected chi connectivity index (χ1v) is 5.98. The Morgan fingerprint density at radius 1 is 1.09 bits per heavy atom. The van der Waals surface area contributed by atoms with Gasteiger partial charge in [-0.1, -0.05) is 12.1 Å². The van der Waals surface area contributed by atoms with Crippen LogP contribution in [0.1, 0.15) is 5.56 Å². The van der Waals surface area contributed by atoms with Crippen LogP contribution in [-0.4, -0.2) is 21.2 Å². The van der Waals surface area contributed by atoms with Crippen molar-refractivity contribution in [1.82, 2.24) is 0 Å². The van der Waals surface area contributed by atoms with Gasteiger partial charge >= 0.3 is 5.69 Å². The highest BCUT2D eigenvalue weighted by atomic mass is 16.6. The molecular formula is C13H10N4O5. The largest absolute Gasteiger partial charge is 0.508 e. The summed E-state index contributed by atoms with van der Waals surface area (Å²) in [7, 11) is 0. The van der Waals surface area contributed by atoms with Gasteiger partial charge in [0.2, 0.25) is 0 Å². The molecule has 0 saturated carbocycles. The van der Waals surface area contributed by atoms with Gasteiger partial charge in [0.15, 0.2) is 0 Å². The van der Waals surface area contributed by atoms with Crippen LogP contribution in [0.15, 0.2) is 47.6 Å². The molecule has 2 aromatic carbocycles. The Morgan fingerprint density at radius 2 is 1.86 bits per heavy atom. The molecular weight excluding hydrogens is 292 g/mol. The summed E-state index contributed by atoms with van der Waals surface area (Å²) < 4.78 is 0. The Labute approximate surface area is 123 Å². The van der Waals surface area contributed by atoms with Gasteiger partial charge in [-0.05, 0) is 23.8 Å². The van der Waals surface area contributed by atoms with Crippen LogP contribution in [0, 0.1) is 20.2 Å². The highest BCUT2D eigenvalue weighted by Crippen LogP contribution is 2.28. The standard InChI is InChI=1S/C13H10N4O5/c18-11-3-1-2-9(6-11)8-14-15-12-5-4-10(16(19)20)7-13(12)17(21)22/h1-8,15,18H/b14-8+. The smallest absolute Gasteiger partial charge is 0.301 e. The van der Waals surface area contributed by atoms with Crippen molar-refractivity contribution in [3.63, 3.8) is 0 Å². The average Bonchev–Trinajstić information content (AvgIpc) is 2.47. The SMILES string of the molecule is O=[N+]([O-])c1ccc(N/N=C/c2cccc(O)c2)c([N+](=O)[O-])c1. The Hall–Kier alpha value is -3.49. The monoisotopic (exact) mass is 302 g/mol. The van der Waals surface area contributed by atoms with Crippen molar-refractivity contribution < 1.29 is 15.0 Å². The van der Waals surface area contributed by atoms with E-state index in [1.807, 2.05) is 0 Å². The fourth-order valence-electron chi connectivity index (χ4n) is 1.66.